The van der Waals surface area contributed by atoms with E-state index in [1.54, 1.807) is 0 Å². The largest absolute Gasteiger partial charge is 0.395 e. The number of benzene rings is 1. The molecule has 2 rings (SSSR count). The first-order chi connectivity index (χ1) is 8.60. The Labute approximate surface area is 110 Å². The Morgan fingerprint density at radius 2 is 1.89 bits per heavy atom. The van der Waals surface area contributed by atoms with Gasteiger partial charge in [-0.3, -0.25) is 9.80 Å². The first-order valence-electron chi connectivity index (χ1n) is 6.71. The van der Waals surface area contributed by atoms with Crippen molar-refractivity contribution in [2.75, 3.05) is 26.7 Å². The second-order valence-electron chi connectivity index (χ2n) is 5.53. The summed E-state index contributed by atoms with van der Waals surface area (Å²) in [4.78, 5) is 4.72. The van der Waals surface area contributed by atoms with E-state index in [1.807, 2.05) is 0 Å². The van der Waals surface area contributed by atoms with Crippen LogP contribution in [0, 0.1) is 6.92 Å². The molecule has 1 fully saturated rings. The van der Waals surface area contributed by atoms with Crippen LogP contribution in [0.2, 0.25) is 0 Å². The Kier molecular flexibility index (Phi) is 4.38. The van der Waals surface area contributed by atoms with Crippen molar-refractivity contribution in [2.24, 2.45) is 0 Å². The molecule has 0 spiro atoms. The van der Waals surface area contributed by atoms with Crippen molar-refractivity contribution in [3.63, 3.8) is 0 Å². The number of aryl methyl sites for hydroxylation is 1. The standard InChI is InChI=1S/C15H24N2O/c1-12-4-6-14(7-5-12)9-17-8-13(2)16(3)15(10-17)11-18/h4-7,13,15,18H,8-11H2,1-3H3. The van der Waals surface area contributed by atoms with Gasteiger partial charge in [0.2, 0.25) is 0 Å². The average Bonchev–Trinajstić information content (AvgIpc) is 2.36. The summed E-state index contributed by atoms with van der Waals surface area (Å²) in [6.07, 6.45) is 0. The number of nitrogens with zero attached hydrogens (tertiary/aromatic N) is 2. The molecule has 0 aliphatic carbocycles. The third-order valence-corrected chi connectivity index (χ3v) is 4.00. The molecule has 3 nitrogen and oxygen atoms in total. The highest BCUT2D eigenvalue weighted by molar-refractivity contribution is 5.21. The van der Waals surface area contributed by atoms with Crippen LogP contribution in [0.3, 0.4) is 0 Å². The van der Waals surface area contributed by atoms with Gasteiger partial charge in [0.05, 0.1) is 6.61 Å². The van der Waals surface area contributed by atoms with Crippen LogP contribution < -0.4 is 0 Å². The Morgan fingerprint density at radius 1 is 1.22 bits per heavy atom. The molecule has 1 N–H and O–H groups in total. The minimum Gasteiger partial charge on any atom is -0.395 e. The predicted molar refractivity (Wildman–Crippen MR) is 74.6 cm³/mol. The number of likely N-dealkylation sites (N-methyl/N-ethyl adjacent to an activating group) is 1. The van der Waals surface area contributed by atoms with E-state index in [1.165, 1.54) is 11.1 Å². The van der Waals surface area contributed by atoms with Gasteiger partial charge in [0.1, 0.15) is 0 Å². The summed E-state index contributed by atoms with van der Waals surface area (Å²) >= 11 is 0. The molecule has 3 heteroatoms. The van der Waals surface area contributed by atoms with E-state index >= 15 is 0 Å². The second-order valence-corrected chi connectivity index (χ2v) is 5.53. The maximum Gasteiger partial charge on any atom is 0.0599 e. The number of hydrogen-bond donors (Lipinski definition) is 1. The smallest absolute Gasteiger partial charge is 0.0599 e. The molecule has 1 aromatic carbocycles. The fourth-order valence-electron chi connectivity index (χ4n) is 2.63. The molecule has 1 aliphatic rings. The fourth-order valence-corrected chi connectivity index (χ4v) is 2.63. The normalized spacial score (nSPS) is 26.4. The lowest BCUT2D eigenvalue weighted by atomic mass is 10.1. The molecule has 0 amide bonds. The summed E-state index contributed by atoms with van der Waals surface area (Å²) in [6, 6.07) is 9.50. The lowest BCUT2D eigenvalue weighted by Gasteiger charge is -2.43. The van der Waals surface area contributed by atoms with Gasteiger partial charge in [0.15, 0.2) is 0 Å². The van der Waals surface area contributed by atoms with E-state index in [0.29, 0.717) is 6.04 Å². The van der Waals surface area contributed by atoms with E-state index in [0.717, 1.165) is 19.6 Å². The number of rotatable bonds is 3. The third kappa shape index (κ3) is 3.10. The number of hydrogen-bond acceptors (Lipinski definition) is 3. The lowest BCUT2D eigenvalue weighted by molar-refractivity contribution is 0.0188. The molecule has 18 heavy (non-hydrogen) atoms. The molecule has 100 valence electrons. The van der Waals surface area contributed by atoms with Gasteiger partial charge >= 0.3 is 0 Å². The Bertz CT molecular complexity index is 377. The van der Waals surface area contributed by atoms with E-state index in [2.05, 4.69) is 55.0 Å². The van der Waals surface area contributed by atoms with E-state index in [9.17, 15) is 5.11 Å². The molecule has 1 saturated heterocycles. The Morgan fingerprint density at radius 3 is 2.50 bits per heavy atom. The molecule has 1 aliphatic heterocycles. The third-order valence-electron chi connectivity index (χ3n) is 4.00. The van der Waals surface area contributed by atoms with Gasteiger partial charge in [-0.25, -0.2) is 0 Å². The molecule has 2 atom stereocenters. The molecule has 2 unspecified atom stereocenters. The quantitative estimate of drug-likeness (QED) is 0.878. The highest BCUT2D eigenvalue weighted by Gasteiger charge is 2.28. The highest BCUT2D eigenvalue weighted by Crippen LogP contribution is 2.16. The molecule has 0 bridgehead atoms. The molecular weight excluding hydrogens is 224 g/mol. The monoisotopic (exact) mass is 248 g/mol. The van der Waals surface area contributed by atoms with Crippen molar-refractivity contribution < 1.29 is 5.11 Å². The topological polar surface area (TPSA) is 26.7 Å². The number of aliphatic hydroxyl groups is 1. The van der Waals surface area contributed by atoms with Gasteiger partial charge in [0, 0.05) is 31.7 Å². The summed E-state index contributed by atoms with van der Waals surface area (Å²) in [5.74, 6) is 0. The van der Waals surface area contributed by atoms with Crippen molar-refractivity contribution in [3.05, 3.63) is 35.4 Å². The number of aliphatic hydroxyl groups excluding tert-OH is 1. The summed E-state index contributed by atoms with van der Waals surface area (Å²) < 4.78 is 0. The van der Waals surface area contributed by atoms with Crippen molar-refractivity contribution in [3.8, 4) is 0 Å². The van der Waals surface area contributed by atoms with Crippen LogP contribution in [0.5, 0.6) is 0 Å². The zero-order valence-electron chi connectivity index (χ0n) is 11.6. The van der Waals surface area contributed by atoms with Crippen molar-refractivity contribution >= 4 is 0 Å². The van der Waals surface area contributed by atoms with Crippen LogP contribution in [0.1, 0.15) is 18.1 Å². The SMILES string of the molecule is Cc1ccc(CN2CC(C)N(C)C(CO)C2)cc1. The summed E-state index contributed by atoms with van der Waals surface area (Å²) in [6.45, 7) is 7.58. The molecular formula is C15H24N2O. The van der Waals surface area contributed by atoms with Gasteiger partial charge in [-0.05, 0) is 26.5 Å². The molecule has 0 radical (unpaired) electrons. The Hall–Kier alpha value is -0.900. The van der Waals surface area contributed by atoms with Gasteiger partial charge in [0.25, 0.3) is 0 Å². The first kappa shape index (κ1) is 13.5. The van der Waals surface area contributed by atoms with E-state index < -0.39 is 0 Å². The first-order valence-corrected chi connectivity index (χ1v) is 6.71. The lowest BCUT2D eigenvalue weighted by Crippen LogP contribution is -2.56. The van der Waals surface area contributed by atoms with Crippen LogP contribution in [0.25, 0.3) is 0 Å². The van der Waals surface area contributed by atoms with Gasteiger partial charge in [-0.2, -0.15) is 0 Å². The van der Waals surface area contributed by atoms with Crippen LogP contribution in [0.4, 0.5) is 0 Å². The van der Waals surface area contributed by atoms with Gasteiger partial charge in [-0.15, -0.1) is 0 Å². The maximum absolute atomic E-state index is 9.43. The molecule has 0 saturated carbocycles. The van der Waals surface area contributed by atoms with Crippen molar-refractivity contribution in [1.29, 1.82) is 0 Å². The molecule has 1 aromatic rings. The molecule has 0 aromatic heterocycles. The zero-order valence-corrected chi connectivity index (χ0v) is 11.6. The van der Waals surface area contributed by atoms with E-state index in [-0.39, 0.29) is 12.6 Å². The second kappa shape index (κ2) is 5.83. The zero-order chi connectivity index (χ0) is 13.1. The Balaban J connectivity index is 1.99. The van der Waals surface area contributed by atoms with Crippen molar-refractivity contribution in [1.82, 2.24) is 9.80 Å². The fraction of sp³-hybridized carbons (Fsp3) is 0.600. The number of piperazine rings is 1. The van der Waals surface area contributed by atoms with Crippen LogP contribution >= 0.6 is 0 Å². The average molecular weight is 248 g/mol. The van der Waals surface area contributed by atoms with Crippen LogP contribution in [0.15, 0.2) is 24.3 Å². The summed E-state index contributed by atoms with van der Waals surface area (Å²) in [5, 5.41) is 9.43. The van der Waals surface area contributed by atoms with Crippen LogP contribution in [-0.4, -0.2) is 53.7 Å². The minimum absolute atomic E-state index is 0.241. The predicted octanol–water partition coefficient (Wildman–Crippen LogP) is 1.49. The maximum atomic E-state index is 9.43. The summed E-state index contributed by atoms with van der Waals surface area (Å²) in [5.41, 5.74) is 2.66. The summed E-state index contributed by atoms with van der Waals surface area (Å²) in [7, 11) is 2.11. The van der Waals surface area contributed by atoms with Crippen molar-refractivity contribution in [2.45, 2.75) is 32.5 Å². The van der Waals surface area contributed by atoms with Crippen LogP contribution in [-0.2, 0) is 6.54 Å². The van der Waals surface area contributed by atoms with E-state index in [4.69, 9.17) is 0 Å². The molecule has 1 heterocycles. The minimum atomic E-state index is 0.241. The van der Waals surface area contributed by atoms with Gasteiger partial charge in [-0.1, -0.05) is 29.8 Å². The van der Waals surface area contributed by atoms with Gasteiger partial charge < -0.3 is 5.11 Å². The highest BCUT2D eigenvalue weighted by atomic mass is 16.3.